The molecular formula is C29H37FN4O4. The maximum atomic E-state index is 14.2. The number of urea groups is 1. The quantitative estimate of drug-likeness (QED) is 0.588. The number of nitrogens with one attached hydrogen (secondary N) is 1. The van der Waals surface area contributed by atoms with E-state index >= 15 is 0 Å². The molecule has 1 N–H and O–H groups in total. The van der Waals surface area contributed by atoms with Crippen LogP contribution in [0, 0.1) is 18.7 Å². The van der Waals surface area contributed by atoms with Crippen molar-refractivity contribution in [2.75, 3.05) is 25.0 Å². The maximum absolute atomic E-state index is 14.2. The zero-order valence-electron chi connectivity index (χ0n) is 23.0. The van der Waals surface area contributed by atoms with Crippen LogP contribution in [-0.2, 0) is 9.59 Å². The number of halogens is 1. The minimum absolute atomic E-state index is 0.109. The molecule has 8 nitrogen and oxygen atoms in total. The molecule has 1 spiro atoms. The van der Waals surface area contributed by atoms with Gasteiger partial charge in [0.25, 0.3) is 11.8 Å². The number of hydrogen-bond donors (Lipinski definition) is 1. The molecule has 2 heterocycles. The van der Waals surface area contributed by atoms with Crippen molar-refractivity contribution in [3.8, 4) is 0 Å². The van der Waals surface area contributed by atoms with Crippen LogP contribution in [0.3, 0.4) is 0 Å². The molecule has 2 aliphatic rings. The molecule has 0 aromatic heterocycles. The smallest absolute Gasteiger partial charge is 0.331 e. The lowest BCUT2D eigenvalue weighted by Crippen LogP contribution is -2.60. The van der Waals surface area contributed by atoms with Crippen molar-refractivity contribution in [1.29, 1.82) is 0 Å². The van der Waals surface area contributed by atoms with E-state index in [9.17, 15) is 23.6 Å². The summed E-state index contributed by atoms with van der Waals surface area (Å²) in [5.74, 6) is -2.12. The summed E-state index contributed by atoms with van der Waals surface area (Å²) in [7, 11) is 1.47. The van der Waals surface area contributed by atoms with Crippen molar-refractivity contribution < 1.29 is 23.6 Å². The van der Waals surface area contributed by atoms with Crippen molar-refractivity contribution >= 4 is 29.4 Å². The third-order valence-corrected chi connectivity index (χ3v) is 7.11. The second-order valence-corrected chi connectivity index (χ2v) is 9.85. The third kappa shape index (κ3) is 5.28. The fraction of sp³-hybridized carbons (Fsp3) is 0.448. The number of aryl methyl sites for hydroxylation is 1. The van der Waals surface area contributed by atoms with E-state index in [0.717, 1.165) is 10.5 Å². The van der Waals surface area contributed by atoms with Crippen LogP contribution in [0.5, 0.6) is 0 Å². The summed E-state index contributed by atoms with van der Waals surface area (Å²) >= 11 is 0. The number of imide groups is 1. The first kappa shape index (κ1) is 28.8. The lowest BCUT2D eigenvalue weighted by Gasteiger charge is -2.43. The number of rotatable bonds is 5. The number of carbonyl (C=O) groups excluding carboxylic acids is 4. The van der Waals surface area contributed by atoms with Crippen molar-refractivity contribution in [2.24, 2.45) is 5.92 Å². The van der Waals surface area contributed by atoms with E-state index in [0.29, 0.717) is 5.69 Å². The van der Waals surface area contributed by atoms with Crippen molar-refractivity contribution in [3.63, 3.8) is 0 Å². The average Bonchev–Trinajstić information content (AvgIpc) is 3.10. The Labute approximate surface area is 223 Å². The van der Waals surface area contributed by atoms with Gasteiger partial charge in [-0.05, 0) is 49.9 Å². The molecule has 2 aromatic rings. The first-order valence-electron chi connectivity index (χ1n) is 13.1. The third-order valence-electron chi connectivity index (χ3n) is 7.11. The lowest BCUT2D eigenvalue weighted by atomic mass is 9.85. The molecule has 2 aromatic carbocycles. The van der Waals surface area contributed by atoms with Gasteiger partial charge in [-0.15, -0.1) is 0 Å². The SMILES string of the molecule is CC.Cc1ccc(F)c(C(=O)N[C@@H](C(=O)N2CCC3(CC2)C(=O)N(C)C(=O)N3c2ccccc2)C(C)C)c1. The number of hydrogen-bond acceptors (Lipinski definition) is 4. The molecule has 0 unspecified atom stereocenters. The summed E-state index contributed by atoms with van der Waals surface area (Å²) in [6, 6.07) is 12.0. The number of nitrogens with zero attached hydrogens (tertiary/aromatic N) is 3. The zero-order valence-corrected chi connectivity index (χ0v) is 23.0. The molecule has 2 aliphatic heterocycles. The Morgan fingerprint density at radius 1 is 1.00 bits per heavy atom. The van der Waals surface area contributed by atoms with Crippen LogP contribution in [0.4, 0.5) is 14.9 Å². The lowest BCUT2D eigenvalue weighted by molar-refractivity contribution is -0.139. The Bertz CT molecular complexity index is 1190. The van der Waals surface area contributed by atoms with E-state index in [4.69, 9.17) is 0 Å². The van der Waals surface area contributed by atoms with Crippen LogP contribution in [0.25, 0.3) is 0 Å². The maximum Gasteiger partial charge on any atom is 0.331 e. The van der Waals surface area contributed by atoms with Gasteiger partial charge in [0.2, 0.25) is 5.91 Å². The number of anilines is 1. The van der Waals surface area contributed by atoms with Gasteiger partial charge in [-0.25, -0.2) is 9.18 Å². The molecule has 0 radical (unpaired) electrons. The highest BCUT2D eigenvalue weighted by Gasteiger charge is 2.58. The van der Waals surface area contributed by atoms with E-state index in [1.54, 1.807) is 34.9 Å². The fourth-order valence-corrected chi connectivity index (χ4v) is 5.04. The first-order valence-corrected chi connectivity index (χ1v) is 13.1. The van der Waals surface area contributed by atoms with Crippen LogP contribution in [0.1, 0.15) is 56.5 Å². The molecule has 2 saturated heterocycles. The van der Waals surface area contributed by atoms with Gasteiger partial charge in [0.1, 0.15) is 17.4 Å². The molecule has 204 valence electrons. The van der Waals surface area contributed by atoms with Crippen LogP contribution < -0.4 is 10.2 Å². The fourth-order valence-electron chi connectivity index (χ4n) is 5.04. The molecular weight excluding hydrogens is 487 g/mol. The number of benzene rings is 2. The van der Waals surface area contributed by atoms with Crippen LogP contribution in [-0.4, -0.2) is 65.3 Å². The predicted octanol–water partition coefficient (Wildman–Crippen LogP) is 4.37. The highest BCUT2D eigenvalue weighted by atomic mass is 19.1. The molecule has 38 heavy (non-hydrogen) atoms. The van der Waals surface area contributed by atoms with Gasteiger partial charge in [0.15, 0.2) is 0 Å². The number of amides is 5. The number of likely N-dealkylation sites (tertiary alicyclic amines) is 1. The Morgan fingerprint density at radius 2 is 1.61 bits per heavy atom. The van der Waals surface area contributed by atoms with Crippen LogP contribution in [0.2, 0.25) is 0 Å². The molecule has 9 heteroatoms. The summed E-state index contributed by atoms with van der Waals surface area (Å²) in [4.78, 5) is 56.8. The predicted molar refractivity (Wildman–Crippen MR) is 144 cm³/mol. The summed E-state index contributed by atoms with van der Waals surface area (Å²) in [6.07, 6.45) is 0.543. The zero-order chi connectivity index (χ0) is 28.2. The van der Waals surface area contributed by atoms with Gasteiger partial charge in [-0.3, -0.25) is 24.2 Å². The van der Waals surface area contributed by atoms with Crippen molar-refractivity contribution in [1.82, 2.24) is 15.1 Å². The van der Waals surface area contributed by atoms with Gasteiger partial charge in [0.05, 0.1) is 5.56 Å². The second kappa shape index (κ2) is 11.8. The first-order chi connectivity index (χ1) is 18.1. The molecule has 0 saturated carbocycles. The second-order valence-electron chi connectivity index (χ2n) is 9.85. The normalized spacial score (nSPS) is 17.4. The molecule has 4 rings (SSSR count). The number of piperidine rings is 1. The van der Waals surface area contributed by atoms with E-state index in [-0.39, 0.29) is 49.2 Å². The van der Waals surface area contributed by atoms with E-state index in [1.807, 2.05) is 45.9 Å². The van der Waals surface area contributed by atoms with Crippen LogP contribution in [0.15, 0.2) is 48.5 Å². The monoisotopic (exact) mass is 524 g/mol. The van der Waals surface area contributed by atoms with E-state index < -0.39 is 29.3 Å². The molecule has 0 bridgehead atoms. The number of carbonyl (C=O) groups is 4. The highest BCUT2D eigenvalue weighted by Crippen LogP contribution is 2.40. The highest BCUT2D eigenvalue weighted by molar-refractivity contribution is 6.16. The average molecular weight is 525 g/mol. The standard InChI is InChI=1S/C27H31FN4O4.C2H6/c1-17(2)22(29-23(33)20-16-18(3)10-11-21(20)28)24(34)31-14-12-27(13-15-31)25(35)30(4)26(36)32(27)19-8-6-5-7-9-19;1-2/h5-11,16-17,22H,12-15H2,1-4H3,(H,29,33);1-2H3/t22-;/m1./s1. The Balaban J connectivity index is 0.00000195. The Morgan fingerprint density at radius 3 is 2.18 bits per heavy atom. The summed E-state index contributed by atoms with van der Waals surface area (Å²) in [5.41, 5.74) is 0.194. The molecule has 0 aliphatic carbocycles. The van der Waals surface area contributed by atoms with Crippen LogP contribution >= 0.6 is 0 Å². The van der Waals surface area contributed by atoms with Crippen molar-refractivity contribution in [3.05, 3.63) is 65.5 Å². The Hall–Kier alpha value is -3.75. The summed E-state index contributed by atoms with van der Waals surface area (Å²) in [5, 5.41) is 2.71. The Kier molecular flexibility index (Phi) is 8.91. The summed E-state index contributed by atoms with van der Waals surface area (Å²) in [6.45, 7) is 9.87. The molecule has 2 fully saturated rings. The molecule has 5 amide bonds. The van der Waals surface area contributed by atoms with Gasteiger partial charge in [0, 0.05) is 25.8 Å². The van der Waals surface area contributed by atoms with Gasteiger partial charge >= 0.3 is 6.03 Å². The number of likely N-dealkylation sites (N-methyl/N-ethyl adjacent to an activating group) is 1. The summed E-state index contributed by atoms with van der Waals surface area (Å²) < 4.78 is 14.2. The van der Waals surface area contributed by atoms with E-state index in [2.05, 4.69) is 5.32 Å². The van der Waals surface area contributed by atoms with Gasteiger partial charge in [-0.1, -0.05) is 57.5 Å². The molecule has 1 atom stereocenters. The van der Waals surface area contributed by atoms with Gasteiger partial charge in [-0.2, -0.15) is 0 Å². The van der Waals surface area contributed by atoms with E-state index in [1.165, 1.54) is 19.2 Å². The van der Waals surface area contributed by atoms with Crippen molar-refractivity contribution in [2.45, 2.75) is 59.0 Å². The minimum atomic E-state index is -1.06. The minimum Gasteiger partial charge on any atom is -0.341 e. The van der Waals surface area contributed by atoms with Gasteiger partial charge < -0.3 is 10.2 Å². The number of para-hydroxylation sites is 1. The topological polar surface area (TPSA) is 90.0 Å². The largest absolute Gasteiger partial charge is 0.341 e.